The number of carbonyl (C=O) groups excluding carboxylic acids is 2. The van der Waals surface area contributed by atoms with Crippen LogP contribution in [0.5, 0.6) is 0 Å². The van der Waals surface area contributed by atoms with Gasteiger partial charge in [0.15, 0.2) is 0 Å². The summed E-state index contributed by atoms with van der Waals surface area (Å²) in [5.74, 6) is -1.46. The van der Waals surface area contributed by atoms with E-state index in [0.717, 1.165) is 0 Å². The van der Waals surface area contributed by atoms with Crippen LogP contribution in [0, 0.1) is 17.1 Å². The van der Waals surface area contributed by atoms with E-state index in [1.54, 1.807) is 37.4 Å². The Morgan fingerprint density at radius 2 is 1.89 bits per heavy atom. The zero-order chi connectivity index (χ0) is 19.8. The standard InChI is InChI=1S/C20H21FN4O2/c1-24(19(20(23)27)15-7-5-8-16(21)13-15)14-18(26)25(12-6-11-22)17-9-3-2-4-10-17/h2-5,7-10,13,19H,6,12,14H2,1H3,(H2,23,27)/t19-/m0/s1. The van der Waals surface area contributed by atoms with Crippen molar-refractivity contribution in [2.24, 2.45) is 5.73 Å². The van der Waals surface area contributed by atoms with Crippen molar-refractivity contribution in [1.29, 1.82) is 5.26 Å². The highest BCUT2D eigenvalue weighted by Gasteiger charge is 2.27. The van der Waals surface area contributed by atoms with E-state index in [2.05, 4.69) is 0 Å². The first-order valence-corrected chi connectivity index (χ1v) is 8.41. The van der Waals surface area contributed by atoms with Gasteiger partial charge in [-0.3, -0.25) is 14.5 Å². The first kappa shape index (κ1) is 20.1. The molecule has 6 nitrogen and oxygen atoms in total. The van der Waals surface area contributed by atoms with Crippen LogP contribution in [0.4, 0.5) is 10.1 Å². The minimum absolute atomic E-state index is 0.121. The highest BCUT2D eigenvalue weighted by molar-refractivity contribution is 5.95. The fourth-order valence-corrected chi connectivity index (χ4v) is 2.87. The average molecular weight is 368 g/mol. The van der Waals surface area contributed by atoms with Crippen molar-refractivity contribution < 1.29 is 14.0 Å². The number of anilines is 1. The molecule has 0 bridgehead atoms. The number of hydrogen-bond donors (Lipinski definition) is 1. The van der Waals surface area contributed by atoms with E-state index in [9.17, 15) is 14.0 Å². The third-order valence-corrected chi connectivity index (χ3v) is 4.08. The van der Waals surface area contributed by atoms with Crippen molar-refractivity contribution in [2.45, 2.75) is 12.5 Å². The molecule has 7 heteroatoms. The van der Waals surface area contributed by atoms with Crippen LogP contribution in [0.2, 0.25) is 0 Å². The molecule has 0 aliphatic carbocycles. The molecule has 2 aromatic carbocycles. The van der Waals surface area contributed by atoms with Gasteiger partial charge in [-0.05, 0) is 36.9 Å². The average Bonchev–Trinajstić information content (AvgIpc) is 2.62. The number of amides is 2. The summed E-state index contributed by atoms with van der Waals surface area (Å²) in [5, 5.41) is 8.87. The van der Waals surface area contributed by atoms with Crippen LogP contribution >= 0.6 is 0 Å². The van der Waals surface area contributed by atoms with E-state index in [-0.39, 0.29) is 25.4 Å². The van der Waals surface area contributed by atoms with Gasteiger partial charge in [-0.15, -0.1) is 0 Å². The predicted molar refractivity (Wildman–Crippen MR) is 100.0 cm³/mol. The monoisotopic (exact) mass is 368 g/mol. The number of nitrogens with zero attached hydrogens (tertiary/aromatic N) is 3. The lowest BCUT2D eigenvalue weighted by Gasteiger charge is -2.29. The highest BCUT2D eigenvalue weighted by atomic mass is 19.1. The second-order valence-electron chi connectivity index (χ2n) is 6.06. The molecular weight excluding hydrogens is 347 g/mol. The third kappa shape index (κ3) is 5.36. The Hall–Kier alpha value is -3.24. The van der Waals surface area contributed by atoms with Gasteiger partial charge in [0.1, 0.15) is 11.9 Å². The number of nitrogens with two attached hydrogens (primary N) is 1. The van der Waals surface area contributed by atoms with Crippen molar-refractivity contribution in [1.82, 2.24) is 4.90 Å². The van der Waals surface area contributed by atoms with Crippen molar-refractivity contribution in [3.05, 3.63) is 66.0 Å². The SMILES string of the molecule is CN(CC(=O)N(CCC#N)c1ccccc1)[C@H](C(N)=O)c1cccc(F)c1. The topological polar surface area (TPSA) is 90.4 Å². The number of halogens is 1. The van der Waals surface area contributed by atoms with E-state index in [1.165, 1.54) is 28.0 Å². The van der Waals surface area contributed by atoms with Gasteiger partial charge in [0, 0.05) is 12.2 Å². The van der Waals surface area contributed by atoms with Gasteiger partial charge < -0.3 is 10.6 Å². The molecule has 140 valence electrons. The fourth-order valence-electron chi connectivity index (χ4n) is 2.87. The Bertz CT molecular complexity index is 835. The number of carbonyl (C=O) groups is 2. The molecule has 0 unspecified atom stereocenters. The van der Waals surface area contributed by atoms with Crippen molar-refractivity contribution in [3.63, 3.8) is 0 Å². The molecule has 0 aliphatic rings. The largest absolute Gasteiger partial charge is 0.368 e. The third-order valence-electron chi connectivity index (χ3n) is 4.08. The van der Waals surface area contributed by atoms with Gasteiger partial charge in [-0.25, -0.2) is 4.39 Å². The molecule has 0 radical (unpaired) electrons. The zero-order valence-electron chi connectivity index (χ0n) is 15.0. The van der Waals surface area contributed by atoms with Crippen LogP contribution in [0.15, 0.2) is 54.6 Å². The molecule has 2 aromatic rings. The second-order valence-corrected chi connectivity index (χ2v) is 6.06. The molecule has 2 N–H and O–H groups in total. The molecule has 0 fully saturated rings. The maximum atomic E-state index is 13.5. The maximum absolute atomic E-state index is 13.5. The van der Waals surface area contributed by atoms with E-state index in [1.807, 2.05) is 12.1 Å². The molecule has 1 atom stereocenters. The number of likely N-dealkylation sites (N-methyl/N-ethyl adjacent to an activating group) is 1. The molecule has 0 saturated heterocycles. The van der Waals surface area contributed by atoms with E-state index in [0.29, 0.717) is 11.3 Å². The minimum atomic E-state index is -0.946. The van der Waals surface area contributed by atoms with Gasteiger partial charge in [0.2, 0.25) is 11.8 Å². The molecule has 0 spiro atoms. The molecule has 0 aromatic heterocycles. The van der Waals surface area contributed by atoms with Crippen LogP contribution in [-0.2, 0) is 9.59 Å². The summed E-state index contributed by atoms with van der Waals surface area (Å²) in [4.78, 5) is 27.7. The normalized spacial score (nSPS) is 11.6. The lowest BCUT2D eigenvalue weighted by atomic mass is 10.0. The van der Waals surface area contributed by atoms with Gasteiger partial charge in [-0.2, -0.15) is 5.26 Å². The number of benzene rings is 2. The Morgan fingerprint density at radius 3 is 2.48 bits per heavy atom. The second kappa shape index (κ2) is 9.46. The Morgan fingerprint density at radius 1 is 1.19 bits per heavy atom. The lowest BCUT2D eigenvalue weighted by Crippen LogP contribution is -2.44. The smallest absolute Gasteiger partial charge is 0.241 e. The molecular formula is C20H21FN4O2. The quantitative estimate of drug-likeness (QED) is 0.774. The molecule has 0 saturated carbocycles. The summed E-state index contributed by atoms with van der Waals surface area (Å²) in [6, 6.07) is 15.6. The summed E-state index contributed by atoms with van der Waals surface area (Å²) in [6.45, 7) is 0.110. The van der Waals surface area contributed by atoms with Gasteiger partial charge in [-0.1, -0.05) is 30.3 Å². The number of nitriles is 1. The van der Waals surface area contributed by atoms with Crippen LogP contribution in [0.25, 0.3) is 0 Å². The molecule has 0 heterocycles. The number of rotatable bonds is 8. The predicted octanol–water partition coefficient (Wildman–Crippen LogP) is 2.23. The van der Waals surface area contributed by atoms with Gasteiger partial charge >= 0.3 is 0 Å². The van der Waals surface area contributed by atoms with E-state index < -0.39 is 17.8 Å². The Labute approximate surface area is 157 Å². The summed E-state index contributed by atoms with van der Waals surface area (Å²) in [6.07, 6.45) is 0.174. The van der Waals surface area contributed by atoms with Crippen LogP contribution in [0.1, 0.15) is 18.0 Å². The fraction of sp³-hybridized carbons (Fsp3) is 0.250. The summed E-state index contributed by atoms with van der Waals surface area (Å²) in [7, 11) is 1.58. The summed E-state index contributed by atoms with van der Waals surface area (Å²) < 4.78 is 13.5. The minimum Gasteiger partial charge on any atom is -0.368 e. The lowest BCUT2D eigenvalue weighted by molar-refractivity contribution is -0.125. The Kier molecular flexibility index (Phi) is 7.03. The number of para-hydroxylation sites is 1. The van der Waals surface area contributed by atoms with Crippen LogP contribution in [-0.4, -0.2) is 36.9 Å². The van der Waals surface area contributed by atoms with E-state index in [4.69, 9.17) is 11.0 Å². The molecule has 27 heavy (non-hydrogen) atoms. The van der Waals surface area contributed by atoms with Crippen LogP contribution in [0.3, 0.4) is 0 Å². The summed E-state index contributed by atoms with van der Waals surface area (Å²) in [5.41, 5.74) is 6.53. The maximum Gasteiger partial charge on any atom is 0.241 e. The van der Waals surface area contributed by atoms with Crippen molar-refractivity contribution in [3.8, 4) is 6.07 Å². The van der Waals surface area contributed by atoms with Crippen molar-refractivity contribution >= 4 is 17.5 Å². The van der Waals surface area contributed by atoms with Crippen LogP contribution < -0.4 is 10.6 Å². The van der Waals surface area contributed by atoms with Gasteiger partial charge in [0.25, 0.3) is 0 Å². The number of hydrogen-bond acceptors (Lipinski definition) is 4. The highest BCUT2D eigenvalue weighted by Crippen LogP contribution is 2.21. The first-order valence-electron chi connectivity index (χ1n) is 8.41. The van der Waals surface area contributed by atoms with Gasteiger partial charge in [0.05, 0.1) is 19.0 Å². The Balaban J connectivity index is 2.21. The molecule has 0 aliphatic heterocycles. The molecule has 2 amide bonds. The first-order chi connectivity index (χ1) is 12.9. The number of primary amides is 1. The summed E-state index contributed by atoms with van der Waals surface area (Å²) >= 11 is 0. The van der Waals surface area contributed by atoms with Crippen molar-refractivity contribution in [2.75, 3.05) is 25.0 Å². The molecule has 2 rings (SSSR count). The zero-order valence-corrected chi connectivity index (χ0v) is 15.0. The van der Waals surface area contributed by atoms with E-state index >= 15 is 0 Å².